The number of aromatic nitrogens is 7. The van der Waals surface area contributed by atoms with E-state index in [4.69, 9.17) is 26.1 Å². The highest BCUT2D eigenvalue weighted by Crippen LogP contribution is 2.29. The molecule has 0 spiro atoms. The number of halogens is 5. The molecule has 10 nitrogen and oxygen atoms in total. The number of fused-ring (bicyclic) bond motifs is 1. The zero-order valence-electron chi connectivity index (χ0n) is 24.5. The van der Waals surface area contributed by atoms with Gasteiger partial charge in [0.2, 0.25) is 11.7 Å². The topological polar surface area (TPSA) is 107 Å². The van der Waals surface area contributed by atoms with Gasteiger partial charge in [-0.25, -0.2) is 14.4 Å². The first kappa shape index (κ1) is 30.5. The van der Waals surface area contributed by atoms with E-state index < -0.39 is 12.0 Å². The van der Waals surface area contributed by atoms with Gasteiger partial charge in [0.25, 0.3) is 0 Å². The minimum atomic E-state index is -4.63. The lowest BCUT2D eigenvalue weighted by atomic mass is 10.1. The number of hydrogen-bond donors (Lipinski definition) is 1. The molecular formula is C31H29ClF4N8O2. The number of piperidine rings is 1. The number of benzene rings is 1. The van der Waals surface area contributed by atoms with Gasteiger partial charge >= 0.3 is 6.18 Å². The third-order valence-electron chi connectivity index (χ3n) is 8.25. The molecule has 1 atom stereocenters. The molecule has 2 saturated heterocycles. The quantitative estimate of drug-likeness (QED) is 0.197. The highest BCUT2D eigenvalue weighted by Gasteiger charge is 2.35. The van der Waals surface area contributed by atoms with Crippen LogP contribution in [0.2, 0.25) is 5.02 Å². The molecule has 0 radical (unpaired) electrons. The van der Waals surface area contributed by atoms with Crippen LogP contribution in [0.1, 0.15) is 42.2 Å². The molecule has 0 aliphatic carbocycles. The number of pyridine rings is 2. The average Bonchev–Trinajstić information content (AvgIpc) is 3.63. The van der Waals surface area contributed by atoms with E-state index in [1.165, 1.54) is 6.07 Å². The zero-order chi connectivity index (χ0) is 31.8. The van der Waals surface area contributed by atoms with Crippen molar-refractivity contribution in [2.24, 2.45) is 0 Å². The third kappa shape index (κ3) is 6.69. The Morgan fingerprint density at radius 3 is 2.59 bits per heavy atom. The molecule has 15 heteroatoms. The Balaban J connectivity index is 1.02. The molecule has 2 aliphatic heterocycles. The second-order valence-electron chi connectivity index (χ2n) is 11.5. The van der Waals surface area contributed by atoms with E-state index in [1.807, 2.05) is 18.2 Å². The average molecular weight is 657 g/mol. The summed E-state index contributed by atoms with van der Waals surface area (Å²) in [6, 6.07) is 11.7. The number of H-pyrrole nitrogens is 1. The zero-order valence-corrected chi connectivity index (χ0v) is 25.2. The van der Waals surface area contributed by atoms with Crippen molar-refractivity contribution in [3.8, 4) is 17.4 Å². The van der Waals surface area contributed by atoms with Gasteiger partial charge < -0.3 is 19.0 Å². The first-order valence-electron chi connectivity index (χ1n) is 14.9. The molecule has 46 heavy (non-hydrogen) atoms. The monoisotopic (exact) mass is 656 g/mol. The summed E-state index contributed by atoms with van der Waals surface area (Å²) in [4.78, 5) is 18.3. The Morgan fingerprint density at radius 1 is 1.04 bits per heavy atom. The maximum Gasteiger partial charge on any atom is 0.451 e. The van der Waals surface area contributed by atoms with Crippen molar-refractivity contribution in [1.82, 2.24) is 39.6 Å². The van der Waals surface area contributed by atoms with Crippen LogP contribution in [-0.2, 0) is 30.4 Å². The van der Waals surface area contributed by atoms with Crippen LogP contribution in [-0.4, -0.2) is 71.5 Å². The molecule has 0 bridgehead atoms. The fourth-order valence-electron chi connectivity index (χ4n) is 5.70. The molecule has 2 aliphatic rings. The van der Waals surface area contributed by atoms with Crippen LogP contribution in [0.15, 0.2) is 48.7 Å². The van der Waals surface area contributed by atoms with Crippen molar-refractivity contribution in [3.63, 3.8) is 0 Å². The van der Waals surface area contributed by atoms with E-state index in [1.54, 1.807) is 24.4 Å². The largest absolute Gasteiger partial charge is 0.474 e. The second kappa shape index (κ2) is 12.6. The second-order valence-corrected chi connectivity index (χ2v) is 11.9. The van der Waals surface area contributed by atoms with Gasteiger partial charge in [0.05, 0.1) is 36.4 Å². The van der Waals surface area contributed by atoms with Gasteiger partial charge in [-0.05, 0) is 49.1 Å². The lowest BCUT2D eigenvalue weighted by molar-refractivity contribution is -0.144. The van der Waals surface area contributed by atoms with Gasteiger partial charge in [0.15, 0.2) is 5.82 Å². The first-order valence-corrected chi connectivity index (χ1v) is 15.3. The Bertz CT molecular complexity index is 1850. The molecule has 1 N–H and O–H groups in total. The van der Waals surface area contributed by atoms with Crippen molar-refractivity contribution < 1.29 is 27.0 Å². The fraction of sp³-hybridized carbons (Fsp3) is 0.387. The van der Waals surface area contributed by atoms with E-state index in [2.05, 4.69) is 34.6 Å². The van der Waals surface area contributed by atoms with Crippen LogP contribution in [0.25, 0.3) is 22.6 Å². The summed E-state index contributed by atoms with van der Waals surface area (Å²) in [6.45, 7) is 3.43. The number of likely N-dealkylation sites (tertiary alicyclic amines) is 1. The molecule has 5 aromatic rings. The van der Waals surface area contributed by atoms with Crippen molar-refractivity contribution in [2.45, 2.75) is 57.2 Å². The van der Waals surface area contributed by atoms with E-state index in [-0.39, 0.29) is 29.5 Å². The summed E-state index contributed by atoms with van der Waals surface area (Å²) >= 11 is 5.88. The number of rotatable bonds is 9. The summed E-state index contributed by atoms with van der Waals surface area (Å²) in [6.07, 6.45) is -0.152. The maximum atomic E-state index is 14.3. The van der Waals surface area contributed by atoms with Gasteiger partial charge in [-0.1, -0.05) is 23.7 Å². The molecule has 0 unspecified atom stereocenters. The lowest BCUT2D eigenvalue weighted by Crippen LogP contribution is -2.39. The van der Waals surface area contributed by atoms with Crippen molar-refractivity contribution in [3.05, 3.63) is 82.4 Å². The number of nitrogens with one attached hydrogen (secondary N) is 1. The van der Waals surface area contributed by atoms with E-state index in [0.717, 1.165) is 43.7 Å². The number of aromatic amines is 1. The summed E-state index contributed by atoms with van der Waals surface area (Å²) < 4.78 is 67.4. The molecular weight excluding hydrogens is 628 g/mol. The number of hydrogen-bond acceptors (Lipinski definition) is 8. The molecule has 1 aromatic carbocycles. The predicted molar refractivity (Wildman–Crippen MR) is 160 cm³/mol. The fourth-order valence-corrected chi connectivity index (χ4v) is 5.86. The van der Waals surface area contributed by atoms with Crippen molar-refractivity contribution >= 4 is 22.6 Å². The lowest BCUT2D eigenvalue weighted by Gasteiger charge is -2.32. The van der Waals surface area contributed by atoms with Crippen LogP contribution >= 0.6 is 11.6 Å². The molecule has 0 amide bonds. The van der Waals surface area contributed by atoms with Gasteiger partial charge in [-0.15, -0.1) is 10.2 Å². The maximum absolute atomic E-state index is 14.3. The minimum absolute atomic E-state index is 0.0243. The van der Waals surface area contributed by atoms with Crippen LogP contribution in [0, 0.1) is 5.82 Å². The van der Waals surface area contributed by atoms with Gasteiger partial charge in [-0.2, -0.15) is 13.2 Å². The molecule has 4 aromatic heterocycles. The van der Waals surface area contributed by atoms with Gasteiger partial charge in [0, 0.05) is 42.9 Å². The Kier molecular flexibility index (Phi) is 8.34. The van der Waals surface area contributed by atoms with Gasteiger partial charge in [-0.3, -0.25) is 9.88 Å². The Morgan fingerprint density at radius 2 is 1.87 bits per heavy atom. The van der Waals surface area contributed by atoms with Gasteiger partial charge in [0.1, 0.15) is 23.4 Å². The summed E-state index contributed by atoms with van der Waals surface area (Å²) in [5.74, 6) is -0.298. The SMILES string of the molecule is Fc1cc(Cl)ccc1Cc1cccc(OC2CCN(Cc3nc4cc(-c5nnc(C(F)(F)F)[nH]5)ncc4n3C[C@@H]3CCO3)CC2)n1. The van der Waals surface area contributed by atoms with Crippen LogP contribution in [0.3, 0.4) is 0 Å². The predicted octanol–water partition coefficient (Wildman–Crippen LogP) is 5.85. The summed E-state index contributed by atoms with van der Waals surface area (Å²) in [5, 5.41) is 7.19. The van der Waals surface area contributed by atoms with E-state index >= 15 is 0 Å². The molecule has 2 fully saturated rings. The Labute approximate surface area is 265 Å². The molecule has 6 heterocycles. The van der Waals surface area contributed by atoms with Crippen LogP contribution in [0.5, 0.6) is 5.88 Å². The summed E-state index contributed by atoms with van der Waals surface area (Å²) in [7, 11) is 0. The van der Waals surface area contributed by atoms with Crippen LogP contribution in [0.4, 0.5) is 17.6 Å². The smallest absolute Gasteiger partial charge is 0.451 e. The number of nitrogens with zero attached hydrogens (tertiary/aromatic N) is 7. The number of alkyl halides is 3. The van der Waals surface area contributed by atoms with E-state index in [9.17, 15) is 17.6 Å². The first-order chi connectivity index (χ1) is 22.2. The number of ether oxygens (including phenoxy) is 2. The standard InChI is InChI=1S/C31H29ClF4N8O2/c32-19-5-4-18(23(33)13-19)12-20-2-1-3-28(38-20)46-21-6-9-43(10-7-21)17-27-39-24-14-25(29-40-30(42-41-29)31(34,35)36)37-15-26(24)44(27)16-22-8-11-45-22/h1-5,13-15,21-22H,6-12,16-17H2,(H,40,41,42)/t22-/m0/s1. The van der Waals surface area contributed by atoms with Crippen molar-refractivity contribution in [1.29, 1.82) is 0 Å². The van der Waals surface area contributed by atoms with Crippen LogP contribution < -0.4 is 4.74 Å². The molecule has 7 rings (SSSR count). The third-order valence-corrected chi connectivity index (χ3v) is 8.48. The summed E-state index contributed by atoms with van der Waals surface area (Å²) in [5.41, 5.74) is 2.81. The minimum Gasteiger partial charge on any atom is -0.474 e. The molecule has 0 saturated carbocycles. The highest BCUT2D eigenvalue weighted by molar-refractivity contribution is 6.30. The Hall–Kier alpha value is -4.14. The van der Waals surface area contributed by atoms with E-state index in [0.29, 0.717) is 53.8 Å². The van der Waals surface area contributed by atoms with Crippen molar-refractivity contribution in [2.75, 3.05) is 19.7 Å². The highest BCUT2D eigenvalue weighted by atomic mass is 35.5. The normalized spacial score (nSPS) is 17.8. The number of imidazole rings is 1. The molecule has 240 valence electrons.